The maximum Gasteiger partial charge on any atom is 0.129 e. The van der Waals surface area contributed by atoms with Crippen molar-refractivity contribution in [2.45, 2.75) is 40.2 Å². The van der Waals surface area contributed by atoms with Crippen molar-refractivity contribution in [1.29, 1.82) is 0 Å². The molecule has 0 unspecified atom stereocenters. The molecule has 1 N–H and O–H groups in total. The summed E-state index contributed by atoms with van der Waals surface area (Å²) < 4.78 is 5.19. The van der Waals surface area contributed by atoms with Gasteiger partial charge in [0, 0.05) is 32.4 Å². The second-order valence-electron chi connectivity index (χ2n) is 4.93. The number of hydrogen-bond donors (Lipinski definition) is 1. The van der Waals surface area contributed by atoms with Crippen molar-refractivity contribution >= 4 is 5.82 Å². The fourth-order valence-corrected chi connectivity index (χ4v) is 2.19. The van der Waals surface area contributed by atoms with Gasteiger partial charge >= 0.3 is 0 Å². The van der Waals surface area contributed by atoms with E-state index in [0.717, 1.165) is 51.4 Å². The van der Waals surface area contributed by atoms with Gasteiger partial charge in [0.15, 0.2) is 0 Å². The molecule has 4 nitrogen and oxygen atoms in total. The molecule has 0 spiro atoms. The molecular weight excluding hydrogens is 250 g/mol. The molecule has 0 amide bonds. The summed E-state index contributed by atoms with van der Waals surface area (Å²) >= 11 is 0. The lowest BCUT2D eigenvalue weighted by atomic mass is 10.1. The van der Waals surface area contributed by atoms with Crippen LogP contribution in [0.25, 0.3) is 0 Å². The van der Waals surface area contributed by atoms with Gasteiger partial charge in [-0.25, -0.2) is 4.98 Å². The van der Waals surface area contributed by atoms with E-state index in [1.807, 2.05) is 0 Å². The van der Waals surface area contributed by atoms with Gasteiger partial charge in [-0.3, -0.25) is 0 Å². The number of hydrogen-bond acceptors (Lipinski definition) is 4. The van der Waals surface area contributed by atoms with Gasteiger partial charge < -0.3 is 15.0 Å². The fraction of sp³-hybridized carbons (Fsp3) is 0.688. The SMILES string of the molecule is CCCc1cc(CNCC)cc(N(CC)CCOC)n1. The lowest BCUT2D eigenvalue weighted by Gasteiger charge is -2.23. The summed E-state index contributed by atoms with van der Waals surface area (Å²) in [4.78, 5) is 7.07. The molecule has 0 aliphatic rings. The molecule has 114 valence electrons. The molecule has 0 radical (unpaired) electrons. The minimum absolute atomic E-state index is 0.732. The first-order chi connectivity index (χ1) is 9.74. The molecule has 1 rings (SSSR count). The number of aryl methyl sites for hydroxylation is 1. The topological polar surface area (TPSA) is 37.4 Å². The molecule has 0 aliphatic carbocycles. The Bertz CT molecular complexity index is 382. The molecular formula is C16H29N3O. The zero-order valence-electron chi connectivity index (χ0n) is 13.4. The Morgan fingerprint density at radius 1 is 1.25 bits per heavy atom. The first-order valence-electron chi connectivity index (χ1n) is 7.69. The summed E-state index contributed by atoms with van der Waals surface area (Å²) in [6.45, 7) is 11.0. The Hall–Kier alpha value is -1.13. The Balaban J connectivity index is 2.92. The van der Waals surface area contributed by atoms with Crippen molar-refractivity contribution in [3.8, 4) is 0 Å². The summed E-state index contributed by atoms with van der Waals surface area (Å²) in [6.07, 6.45) is 2.16. The fourth-order valence-electron chi connectivity index (χ4n) is 2.19. The van der Waals surface area contributed by atoms with Gasteiger partial charge in [0.1, 0.15) is 5.82 Å². The third-order valence-electron chi connectivity index (χ3n) is 3.28. The van der Waals surface area contributed by atoms with Crippen molar-refractivity contribution in [1.82, 2.24) is 10.3 Å². The van der Waals surface area contributed by atoms with Crippen LogP contribution in [0.1, 0.15) is 38.4 Å². The van der Waals surface area contributed by atoms with Gasteiger partial charge in [-0.2, -0.15) is 0 Å². The van der Waals surface area contributed by atoms with E-state index in [4.69, 9.17) is 9.72 Å². The van der Waals surface area contributed by atoms with Crippen LogP contribution in [0, 0.1) is 0 Å². The number of anilines is 1. The van der Waals surface area contributed by atoms with Gasteiger partial charge in [0.2, 0.25) is 0 Å². The Labute approximate surface area is 123 Å². The minimum Gasteiger partial charge on any atom is -0.383 e. The first-order valence-corrected chi connectivity index (χ1v) is 7.69. The van der Waals surface area contributed by atoms with Crippen molar-refractivity contribution in [3.63, 3.8) is 0 Å². The number of rotatable bonds is 10. The smallest absolute Gasteiger partial charge is 0.129 e. The van der Waals surface area contributed by atoms with E-state index >= 15 is 0 Å². The molecule has 0 aliphatic heterocycles. The van der Waals surface area contributed by atoms with E-state index in [1.54, 1.807) is 7.11 Å². The number of aromatic nitrogens is 1. The van der Waals surface area contributed by atoms with Crippen LogP contribution in [0.4, 0.5) is 5.82 Å². The molecule has 20 heavy (non-hydrogen) atoms. The second-order valence-corrected chi connectivity index (χ2v) is 4.93. The van der Waals surface area contributed by atoms with Crippen molar-refractivity contribution < 1.29 is 4.74 Å². The normalized spacial score (nSPS) is 10.8. The highest BCUT2D eigenvalue weighted by molar-refractivity contribution is 5.42. The Kier molecular flexibility index (Phi) is 8.23. The first kappa shape index (κ1) is 16.9. The zero-order valence-corrected chi connectivity index (χ0v) is 13.4. The summed E-state index contributed by atoms with van der Waals surface area (Å²) in [6, 6.07) is 4.42. The summed E-state index contributed by atoms with van der Waals surface area (Å²) in [5, 5.41) is 3.39. The Morgan fingerprint density at radius 3 is 2.65 bits per heavy atom. The molecule has 0 atom stereocenters. The molecule has 0 saturated heterocycles. The molecule has 1 aromatic rings. The van der Waals surface area contributed by atoms with E-state index in [1.165, 1.54) is 11.3 Å². The molecule has 0 saturated carbocycles. The minimum atomic E-state index is 0.732. The average molecular weight is 279 g/mol. The third-order valence-corrected chi connectivity index (χ3v) is 3.28. The molecule has 4 heteroatoms. The molecule has 0 fully saturated rings. The van der Waals surface area contributed by atoms with Crippen LogP contribution in [0.15, 0.2) is 12.1 Å². The quantitative estimate of drug-likeness (QED) is 0.714. The highest BCUT2D eigenvalue weighted by Crippen LogP contribution is 2.16. The van der Waals surface area contributed by atoms with Gasteiger partial charge in [-0.1, -0.05) is 20.3 Å². The van der Waals surface area contributed by atoms with E-state index in [-0.39, 0.29) is 0 Å². The number of methoxy groups -OCH3 is 1. The van der Waals surface area contributed by atoms with Crippen LogP contribution in [0.3, 0.4) is 0 Å². The maximum atomic E-state index is 5.19. The van der Waals surface area contributed by atoms with Crippen LogP contribution >= 0.6 is 0 Å². The maximum absolute atomic E-state index is 5.19. The van der Waals surface area contributed by atoms with Crippen LogP contribution in [-0.2, 0) is 17.7 Å². The third kappa shape index (κ3) is 5.47. The van der Waals surface area contributed by atoms with Gasteiger partial charge in [-0.05, 0) is 37.6 Å². The number of nitrogens with one attached hydrogen (secondary N) is 1. The molecule has 0 bridgehead atoms. The van der Waals surface area contributed by atoms with Gasteiger partial charge in [-0.15, -0.1) is 0 Å². The van der Waals surface area contributed by atoms with Crippen LogP contribution in [-0.4, -0.2) is 38.3 Å². The second kappa shape index (κ2) is 9.72. The lowest BCUT2D eigenvalue weighted by Crippen LogP contribution is -2.28. The molecule has 1 heterocycles. The predicted molar refractivity (Wildman–Crippen MR) is 85.4 cm³/mol. The summed E-state index contributed by atoms with van der Waals surface area (Å²) in [7, 11) is 1.74. The molecule has 0 aromatic carbocycles. The standard InChI is InChI=1S/C16H29N3O/c1-5-8-15-11-14(13-17-6-2)12-16(18-15)19(7-3)9-10-20-4/h11-12,17H,5-10,13H2,1-4H3. The summed E-state index contributed by atoms with van der Waals surface area (Å²) in [5.74, 6) is 1.07. The number of nitrogens with zero attached hydrogens (tertiary/aromatic N) is 2. The van der Waals surface area contributed by atoms with Crippen LogP contribution in [0.2, 0.25) is 0 Å². The van der Waals surface area contributed by atoms with Crippen molar-refractivity contribution in [2.24, 2.45) is 0 Å². The van der Waals surface area contributed by atoms with Crippen molar-refractivity contribution in [2.75, 3.05) is 38.3 Å². The van der Waals surface area contributed by atoms with Crippen LogP contribution < -0.4 is 10.2 Å². The van der Waals surface area contributed by atoms with Gasteiger partial charge in [0.05, 0.1) is 6.61 Å². The highest BCUT2D eigenvalue weighted by Gasteiger charge is 2.09. The highest BCUT2D eigenvalue weighted by atomic mass is 16.5. The van der Waals surface area contributed by atoms with E-state index in [9.17, 15) is 0 Å². The van der Waals surface area contributed by atoms with E-state index in [0.29, 0.717) is 0 Å². The van der Waals surface area contributed by atoms with Crippen LogP contribution in [0.5, 0.6) is 0 Å². The predicted octanol–water partition coefficient (Wildman–Crippen LogP) is 2.62. The van der Waals surface area contributed by atoms with Crippen molar-refractivity contribution in [3.05, 3.63) is 23.4 Å². The molecule has 1 aromatic heterocycles. The summed E-state index contributed by atoms with van der Waals surface area (Å²) in [5.41, 5.74) is 2.50. The monoisotopic (exact) mass is 279 g/mol. The van der Waals surface area contributed by atoms with E-state index in [2.05, 4.69) is 43.1 Å². The number of likely N-dealkylation sites (N-methyl/N-ethyl adjacent to an activating group) is 1. The average Bonchev–Trinajstić information content (AvgIpc) is 2.46. The van der Waals surface area contributed by atoms with Gasteiger partial charge in [0.25, 0.3) is 0 Å². The lowest BCUT2D eigenvalue weighted by molar-refractivity contribution is 0.205. The number of ether oxygens (including phenoxy) is 1. The van der Waals surface area contributed by atoms with E-state index < -0.39 is 0 Å². The Morgan fingerprint density at radius 2 is 2.05 bits per heavy atom. The number of pyridine rings is 1. The largest absolute Gasteiger partial charge is 0.383 e. The zero-order chi connectivity index (χ0) is 14.8.